The number of hydrogen-bond donors (Lipinski definition) is 0. The molecule has 0 saturated carbocycles. The number of aromatic nitrogens is 4. The minimum atomic E-state index is -0.331. The van der Waals surface area contributed by atoms with Crippen LogP contribution in [0.25, 0.3) is 0 Å². The summed E-state index contributed by atoms with van der Waals surface area (Å²) in [6.45, 7) is 5.82. The second kappa shape index (κ2) is 8.44. The summed E-state index contributed by atoms with van der Waals surface area (Å²) < 4.78 is 5.06. The molecule has 0 fully saturated rings. The van der Waals surface area contributed by atoms with E-state index in [1.165, 1.54) is 23.2 Å². The van der Waals surface area contributed by atoms with Crippen LogP contribution in [0.1, 0.15) is 0 Å². The molecule has 0 atom stereocenters. The van der Waals surface area contributed by atoms with Crippen LogP contribution in [-0.4, -0.2) is 46.5 Å². The van der Waals surface area contributed by atoms with Crippen molar-refractivity contribution < 1.29 is 22.4 Å². The van der Waals surface area contributed by atoms with Crippen molar-refractivity contribution in [1.82, 2.24) is 18.3 Å². The Balaban J connectivity index is 0.000000213. The van der Waals surface area contributed by atoms with Gasteiger partial charge in [0.2, 0.25) is 13.3 Å². The van der Waals surface area contributed by atoms with Crippen LogP contribution in [0.15, 0.2) is 19.2 Å². The van der Waals surface area contributed by atoms with Crippen LogP contribution in [0.4, 0.5) is 23.0 Å². The van der Waals surface area contributed by atoms with Crippen LogP contribution in [0.5, 0.6) is 0 Å². The number of nitrogens with zero attached hydrogens (tertiary/aromatic N) is 8. The number of fused-ring (bicyclic) bond motifs is 2. The summed E-state index contributed by atoms with van der Waals surface area (Å²) in [7, 11) is 13.2. The van der Waals surface area contributed by atoms with Crippen molar-refractivity contribution in [3.63, 3.8) is 0 Å². The molecule has 13 heteroatoms. The summed E-state index contributed by atoms with van der Waals surface area (Å²) in [5, 5.41) is 0. The van der Waals surface area contributed by atoms with Gasteiger partial charge in [-0.25, -0.2) is 9.59 Å². The molecular formula is C18H24AuN8O4+. The molecule has 0 saturated heterocycles. The van der Waals surface area contributed by atoms with E-state index in [2.05, 4.69) is 13.3 Å². The average molecular weight is 613 g/mol. The van der Waals surface area contributed by atoms with Gasteiger partial charge in [-0.1, -0.05) is 0 Å². The van der Waals surface area contributed by atoms with Gasteiger partial charge in [-0.05, 0) is 0 Å². The Hall–Kier alpha value is -2.70. The van der Waals surface area contributed by atoms with Gasteiger partial charge < -0.3 is 19.6 Å². The fourth-order valence-electron chi connectivity index (χ4n) is 3.63. The van der Waals surface area contributed by atoms with Gasteiger partial charge >= 0.3 is 33.8 Å². The quantitative estimate of drug-likeness (QED) is 0.313. The Morgan fingerprint density at radius 1 is 0.484 bits per heavy atom. The molecule has 4 heterocycles. The van der Waals surface area contributed by atoms with E-state index in [0.29, 0.717) is 23.0 Å². The molecule has 170 valence electrons. The SMILES string of the molecule is CN1[C]N(C)c2c1c(=O)n(C)c(=O)n2C.CN1[C]N(C)c2c1c(=O)n(C)c(=O)n2C.[Au+]. The molecule has 2 aliphatic rings. The van der Waals surface area contributed by atoms with E-state index in [1.54, 1.807) is 61.9 Å². The van der Waals surface area contributed by atoms with Gasteiger partial charge in [0.1, 0.15) is 23.0 Å². The minimum Gasteiger partial charge on any atom is -0.337 e. The third kappa shape index (κ3) is 3.64. The molecule has 31 heavy (non-hydrogen) atoms. The molecule has 4 rings (SSSR count). The molecule has 0 aromatic carbocycles. The second-order valence-corrected chi connectivity index (χ2v) is 7.19. The van der Waals surface area contributed by atoms with Gasteiger partial charge in [0.05, 0.1) is 0 Å². The van der Waals surface area contributed by atoms with Gasteiger partial charge in [-0.3, -0.25) is 27.9 Å². The maximum absolute atomic E-state index is 11.8. The van der Waals surface area contributed by atoms with Gasteiger partial charge in [0.25, 0.3) is 11.1 Å². The van der Waals surface area contributed by atoms with E-state index in [4.69, 9.17) is 0 Å². The summed E-state index contributed by atoms with van der Waals surface area (Å²) in [4.78, 5) is 53.4. The Morgan fingerprint density at radius 2 is 0.774 bits per heavy atom. The molecule has 0 aliphatic carbocycles. The zero-order valence-corrected chi connectivity index (χ0v) is 20.7. The molecule has 0 bridgehead atoms. The van der Waals surface area contributed by atoms with Crippen molar-refractivity contribution in [2.24, 2.45) is 28.2 Å². The maximum atomic E-state index is 11.8. The first-order chi connectivity index (χ1) is 13.9. The fraction of sp³-hybridized carbons (Fsp3) is 0.444. The summed E-state index contributed by atoms with van der Waals surface area (Å²) in [5.74, 6) is 1.15. The summed E-state index contributed by atoms with van der Waals surface area (Å²) >= 11 is 0. The first-order valence-corrected chi connectivity index (χ1v) is 8.97. The Labute approximate surface area is 194 Å². The molecule has 0 unspecified atom stereocenters. The normalized spacial score (nSPS) is 14.2. The number of rotatable bonds is 0. The predicted octanol–water partition coefficient (Wildman–Crippen LogP) is -2.07. The Morgan fingerprint density at radius 3 is 1.06 bits per heavy atom. The standard InChI is InChI=1S/2C9H12N4O2.Au/c2*1-10-5-11(2)7-6(10)8(14)13(4)9(15)12(7)3;/h2*1-4H3;/q;;+1. The van der Waals surface area contributed by atoms with Gasteiger partial charge in [0.15, 0.2) is 0 Å². The topological polar surface area (TPSA) is 101 Å². The van der Waals surface area contributed by atoms with Crippen LogP contribution in [-0.2, 0) is 50.6 Å². The third-order valence-electron chi connectivity index (χ3n) is 5.13. The third-order valence-corrected chi connectivity index (χ3v) is 5.13. The van der Waals surface area contributed by atoms with Crippen LogP contribution in [0.2, 0.25) is 0 Å². The molecule has 12 nitrogen and oxygen atoms in total. The summed E-state index contributed by atoms with van der Waals surface area (Å²) in [6.07, 6.45) is 0. The van der Waals surface area contributed by atoms with Crippen molar-refractivity contribution in [2.75, 3.05) is 47.8 Å². The van der Waals surface area contributed by atoms with E-state index in [0.717, 1.165) is 9.13 Å². The van der Waals surface area contributed by atoms with E-state index in [-0.39, 0.29) is 44.9 Å². The molecule has 2 aromatic heterocycles. The van der Waals surface area contributed by atoms with Crippen molar-refractivity contribution in [3.8, 4) is 0 Å². The zero-order chi connectivity index (χ0) is 22.7. The molecule has 2 aromatic rings. The molecule has 0 spiro atoms. The van der Waals surface area contributed by atoms with Crippen LogP contribution in [0, 0.1) is 13.3 Å². The number of hydrogen-bond acceptors (Lipinski definition) is 8. The minimum absolute atomic E-state index is 0. The Kier molecular flexibility index (Phi) is 6.69. The number of anilines is 4. The maximum Gasteiger partial charge on any atom is 1.00 e. The smallest absolute Gasteiger partial charge is 0.337 e. The first-order valence-electron chi connectivity index (χ1n) is 8.97. The van der Waals surface area contributed by atoms with E-state index in [9.17, 15) is 19.2 Å². The van der Waals surface area contributed by atoms with Crippen molar-refractivity contribution >= 4 is 23.0 Å². The molecular weight excluding hydrogens is 589 g/mol. The average Bonchev–Trinajstić information content (AvgIpc) is 3.16. The van der Waals surface area contributed by atoms with E-state index < -0.39 is 0 Å². The van der Waals surface area contributed by atoms with Gasteiger partial charge in [0, 0.05) is 56.4 Å². The predicted molar refractivity (Wildman–Crippen MR) is 114 cm³/mol. The van der Waals surface area contributed by atoms with Gasteiger partial charge in [-0.2, -0.15) is 0 Å². The second-order valence-electron chi connectivity index (χ2n) is 7.19. The molecule has 2 aliphatic heterocycles. The largest absolute Gasteiger partial charge is 1.00 e. The fourth-order valence-corrected chi connectivity index (χ4v) is 3.63. The van der Waals surface area contributed by atoms with Crippen LogP contribution >= 0.6 is 0 Å². The van der Waals surface area contributed by atoms with Crippen LogP contribution in [0.3, 0.4) is 0 Å². The van der Waals surface area contributed by atoms with E-state index >= 15 is 0 Å². The molecule has 0 amide bonds. The molecule has 4 radical (unpaired) electrons. The van der Waals surface area contributed by atoms with Crippen LogP contribution < -0.4 is 42.1 Å². The van der Waals surface area contributed by atoms with Crippen molar-refractivity contribution in [3.05, 3.63) is 55.0 Å². The molecule has 0 N–H and O–H groups in total. The monoisotopic (exact) mass is 613 g/mol. The first kappa shape index (κ1) is 24.6. The van der Waals surface area contributed by atoms with Crippen molar-refractivity contribution in [1.29, 1.82) is 0 Å². The van der Waals surface area contributed by atoms with Gasteiger partial charge in [-0.15, -0.1) is 0 Å². The van der Waals surface area contributed by atoms with E-state index in [1.807, 2.05) is 0 Å². The Bertz CT molecular complexity index is 1160. The summed E-state index contributed by atoms with van der Waals surface area (Å²) in [5.41, 5.74) is -0.311. The zero-order valence-electron chi connectivity index (χ0n) is 18.5. The summed E-state index contributed by atoms with van der Waals surface area (Å²) in [6, 6.07) is 0. The van der Waals surface area contributed by atoms with Crippen molar-refractivity contribution in [2.45, 2.75) is 0 Å².